The van der Waals surface area contributed by atoms with Gasteiger partial charge in [-0.15, -0.1) is 11.3 Å². The van der Waals surface area contributed by atoms with E-state index < -0.39 is 24.5 Å². The molecule has 1 aliphatic heterocycles. The maximum absolute atomic E-state index is 12.2. The lowest BCUT2D eigenvalue weighted by atomic mass is 10.1. The van der Waals surface area contributed by atoms with Crippen molar-refractivity contribution < 1.29 is 19.1 Å². The largest absolute Gasteiger partial charge is 0.439 e. The number of ether oxygens (including phenoxy) is 1. The first-order valence-electron chi connectivity index (χ1n) is 7.78. The van der Waals surface area contributed by atoms with Gasteiger partial charge in [0.05, 0.1) is 11.1 Å². The predicted molar refractivity (Wildman–Crippen MR) is 94.8 cm³/mol. The van der Waals surface area contributed by atoms with Gasteiger partial charge in [0.1, 0.15) is 5.01 Å². The quantitative estimate of drug-likeness (QED) is 0.525. The van der Waals surface area contributed by atoms with Crippen LogP contribution in [-0.4, -0.2) is 34.4 Å². The maximum atomic E-state index is 12.2. The van der Waals surface area contributed by atoms with Crippen molar-refractivity contribution in [3.63, 3.8) is 0 Å². The molecule has 0 unspecified atom stereocenters. The molecule has 0 saturated heterocycles. The molecule has 0 saturated carbocycles. The van der Waals surface area contributed by atoms with Crippen LogP contribution in [0.25, 0.3) is 10.6 Å². The van der Waals surface area contributed by atoms with E-state index in [0.717, 1.165) is 10.5 Å². The van der Waals surface area contributed by atoms with Gasteiger partial charge in [0.2, 0.25) is 0 Å². The first kappa shape index (κ1) is 16.2. The molecule has 0 aliphatic carbocycles. The van der Waals surface area contributed by atoms with Crippen LogP contribution in [0.3, 0.4) is 0 Å². The summed E-state index contributed by atoms with van der Waals surface area (Å²) in [7, 11) is 0. The number of carbonyl (C=O) groups excluding carboxylic acids is 3. The molecule has 2 heterocycles. The number of amides is 2. The van der Waals surface area contributed by atoms with Crippen LogP contribution >= 0.6 is 11.3 Å². The van der Waals surface area contributed by atoms with Crippen LogP contribution in [0.2, 0.25) is 0 Å². The molecule has 6 nitrogen and oxygen atoms in total. The van der Waals surface area contributed by atoms with Crippen LogP contribution < -0.4 is 0 Å². The van der Waals surface area contributed by atoms with Crippen LogP contribution in [0.1, 0.15) is 31.2 Å². The molecular formula is C19H12N2O4S. The molecule has 0 N–H and O–H groups in total. The highest BCUT2D eigenvalue weighted by Crippen LogP contribution is 2.25. The third kappa shape index (κ3) is 2.78. The van der Waals surface area contributed by atoms with E-state index in [0.29, 0.717) is 16.1 Å². The summed E-state index contributed by atoms with van der Waals surface area (Å²) in [5, 5.41) is 2.28. The molecule has 3 aromatic rings. The summed E-state index contributed by atoms with van der Waals surface area (Å²) in [4.78, 5) is 41.9. The van der Waals surface area contributed by atoms with Gasteiger partial charge in [0.25, 0.3) is 11.8 Å². The van der Waals surface area contributed by atoms with Crippen molar-refractivity contribution in [2.45, 2.75) is 0 Å². The highest BCUT2D eigenvalue weighted by atomic mass is 32.1. The molecule has 0 radical (unpaired) electrons. The highest BCUT2D eigenvalue weighted by molar-refractivity contribution is 7.13. The Hall–Kier alpha value is -3.32. The number of hydrogen-bond donors (Lipinski definition) is 0. The second kappa shape index (κ2) is 6.53. The van der Waals surface area contributed by atoms with Gasteiger partial charge in [-0.25, -0.2) is 14.7 Å². The van der Waals surface area contributed by atoms with Gasteiger partial charge in [-0.1, -0.05) is 42.5 Å². The summed E-state index contributed by atoms with van der Waals surface area (Å²) in [5.74, 6) is -1.62. The molecule has 1 aromatic heterocycles. The number of esters is 1. The minimum absolute atomic E-state index is 0.144. The summed E-state index contributed by atoms with van der Waals surface area (Å²) in [6, 6.07) is 16.0. The van der Waals surface area contributed by atoms with E-state index in [4.69, 9.17) is 4.74 Å². The molecule has 2 aromatic carbocycles. The van der Waals surface area contributed by atoms with Crippen molar-refractivity contribution in [2.24, 2.45) is 0 Å². The number of hydrogen-bond acceptors (Lipinski definition) is 6. The van der Waals surface area contributed by atoms with Gasteiger partial charge in [-0.3, -0.25) is 9.59 Å². The summed E-state index contributed by atoms with van der Waals surface area (Å²) in [5.41, 5.74) is 1.67. The molecule has 128 valence electrons. The van der Waals surface area contributed by atoms with Gasteiger partial charge in [-0.05, 0) is 12.1 Å². The van der Waals surface area contributed by atoms with Crippen molar-refractivity contribution >= 4 is 29.1 Å². The zero-order valence-electron chi connectivity index (χ0n) is 13.4. The minimum atomic E-state index is -0.681. The number of carbonyl (C=O) groups is 3. The Kier molecular flexibility index (Phi) is 4.06. The van der Waals surface area contributed by atoms with E-state index in [1.54, 1.807) is 29.6 Å². The van der Waals surface area contributed by atoms with Gasteiger partial charge in [0.15, 0.2) is 12.4 Å². The number of imide groups is 1. The SMILES string of the molecule is O=C(OCN1C(=O)c2ccccc2C1=O)c1csc(-c2ccccc2)n1. The van der Waals surface area contributed by atoms with Crippen molar-refractivity contribution in [1.82, 2.24) is 9.88 Å². The summed E-state index contributed by atoms with van der Waals surface area (Å²) in [6.07, 6.45) is 0. The van der Waals surface area contributed by atoms with Crippen LogP contribution in [0, 0.1) is 0 Å². The Morgan fingerprint density at radius 1 is 0.962 bits per heavy atom. The first-order chi connectivity index (χ1) is 12.6. The molecule has 0 bridgehead atoms. The molecule has 7 heteroatoms. The zero-order valence-corrected chi connectivity index (χ0v) is 14.2. The number of thiazole rings is 1. The van der Waals surface area contributed by atoms with E-state index in [2.05, 4.69) is 4.98 Å². The predicted octanol–water partition coefficient (Wildman–Crippen LogP) is 3.22. The Bertz CT molecular complexity index is 978. The number of nitrogens with zero attached hydrogens (tertiary/aromatic N) is 2. The smallest absolute Gasteiger partial charge is 0.359 e. The average Bonchev–Trinajstić information content (AvgIpc) is 3.26. The van der Waals surface area contributed by atoms with Gasteiger partial charge < -0.3 is 4.74 Å². The van der Waals surface area contributed by atoms with Gasteiger partial charge in [0, 0.05) is 10.9 Å². The lowest BCUT2D eigenvalue weighted by molar-refractivity contribution is 0.0224. The lowest BCUT2D eigenvalue weighted by Crippen LogP contribution is -2.33. The molecule has 1 aliphatic rings. The molecule has 26 heavy (non-hydrogen) atoms. The third-order valence-corrected chi connectivity index (χ3v) is 4.83. The van der Waals surface area contributed by atoms with E-state index in [1.165, 1.54) is 11.3 Å². The number of aromatic nitrogens is 1. The monoisotopic (exact) mass is 364 g/mol. The second-order valence-corrected chi connectivity index (χ2v) is 6.41. The Morgan fingerprint density at radius 3 is 2.23 bits per heavy atom. The van der Waals surface area contributed by atoms with Crippen molar-refractivity contribution in [3.8, 4) is 10.6 Å². The fourth-order valence-electron chi connectivity index (χ4n) is 2.63. The number of fused-ring (bicyclic) bond motifs is 1. The fourth-order valence-corrected chi connectivity index (χ4v) is 3.43. The van der Waals surface area contributed by atoms with Gasteiger partial charge in [-0.2, -0.15) is 0 Å². The van der Waals surface area contributed by atoms with Crippen LogP contribution in [0.5, 0.6) is 0 Å². The van der Waals surface area contributed by atoms with Crippen LogP contribution in [0.4, 0.5) is 0 Å². The first-order valence-corrected chi connectivity index (χ1v) is 8.66. The maximum Gasteiger partial charge on any atom is 0.359 e. The molecule has 0 spiro atoms. The number of rotatable bonds is 4. The third-order valence-electron chi connectivity index (χ3n) is 3.94. The zero-order chi connectivity index (χ0) is 18.1. The van der Waals surface area contributed by atoms with E-state index in [9.17, 15) is 14.4 Å². The molecule has 4 rings (SSSR count). The fraction of sp³-hybridized carbons (Fsp3) is 0.0526. The molecule has 2 amide bonds. The Balaban J connectivity index is 1.45. The topological polar surface area (TPSA) is 76.6 Å². The summed E-state index contributed by atoms with van der Waals surface area (Å²) < 4.78 is 5.12. The van der Waals surface area contributed by atoms with Crippen LogP contribution in [-0.2, 0) is 4.74 Å². The normalized spacial score (nSPS) is 13.0. The van der Waals surface area contributed by atoms with Crippen LogP contribution in [0.15, 0.2) is 60.0 Å². The molecular weight excluding hydrogens is 352 g/mol. The summed E-state index contributed by atoms with van der Waals surface area (Å²) >= 11 is 1.32. The van der Waals surface area contributed by atoms with E-state index in [1.807, 2.05) is 30.3 Å². The molecule has 0 atom stereocenters. The number of benzene rings is 2. The highest BCUT2D eigenvalue weighted by Gasteiger charge is 2.35. The van der Waals surface area contributed by atoms with E-state index >= 15 is 0 Å². The lowest BCUT2D eigenvalue weighted by Gasteiger charge is -2.13. The van der Waals surface area contributed by atoms with Crippen molar-refractivity contribution in [1.29, 1.82) is 0 Å². The second-order valence-electron chi connectivity index (χ2n) is 5.55. The average molecular weight is 364 g/mol. The minimum Gasteiger partial charge on any atom is -0.439 e. The standard InChI is InChI=1S/C19H12N2O4S/c22-17-13-8-4-5-9-14(13)18(23)21(17)11-25-19(24)15-10-26-16(20-15)12-6-2-1-3-7-12/h1-10H,11H2. The Morgan fingerprint density at radius 2 is 1.58 bits per heavy atom. The van der Waals surface area contributed by atoms with Crippen molar-refractivity contribution in [2.75, 3.05) is 6.73 Å². The van der Waals surface area contributed by atoms with Crippen molar-refractivity contribution in [3.05, 3.63) is 76.8 Å². The Labute approximate surface area is 152 Å². The summed E-state index contributed by atoms with van der Waals surface area (Å²) in [6.45, 7) is -0.441. The van der Waals surface area contributed by atoms with E-state index in [-0.39, 0.29) is 5.69 Å². The van der Waals surface area contributed by atoms with Gasteiger partial charge >= 0.3 is 5.97 Å². The molecule has 0 fully saturated rings.